The van der Waals surface area contributed by atoms with Crippen molar-refractivity contribution in [1.29, 1.82) is 0 Å². The van der Waals surface area contributed by atoms with Crippen LogP contribution in [0.15, 0.2) is 0 Å². The first kappa shape index (κ1) is 58.0. The number of rotatable bonds is 12. The number of hydrogen-bond acceptors (Lipinski definition) is 4. The second-order valence-electron chi connectivity index (χ2n) is 26.9. The van der Waals surface area contributed by atoms with Gasteiger partial charge in [-0.15, -0.1) is 12.6 Å². The van der Waals surface area contributed by atoms with E-state index in [0.717, 1.165) is 89.4 Å². The third-order valence-corrected chi connectivity index (χ3v) is 18.2. The average molecular weight is 923 g/mol. The molecule has 18 atom stereocenters. The van der Waals surface area contributed by atoms with Crippen LogP contribution in [0.25, 0.3) is 5.32 Å². The van der Waals surface area contributed by atoms with Gasteiger partial charge >= 0.3 is 51.4 Å². The Bertz CT molecular complexity index is 1320. The predicted octanol–water partition coefficient (Wildman–Crippen LogP) is 12.7. The summed E-state index contributed by atoms with van der Waals surface area (Å²) in [6.07, 6.45) is 13.4. The van der Waals surface area contributed by atoms with Crippen LogP contribution < -0.4 is 51.4 Å². The maximum absolute atomic E-state index is 6.46. The fraction of sp³-hybridized carbons (Fsp3) is 1.00. The van der Waals surface area contributed by atoms with Crippen molar-refractivity contribution in [3.63, 3.8) is 0 Å². The zero-order valence-electron chi connectivity index (χ0n) is 46.9. The van der Waals surface area contributed by atoms with Crippen molar-refractivity contribution in [3.8, 4) is 0 Å². The molecule has 0 amide bonds. The standard InChI is InChI=1S/3C15H28O.C13H24NO.K/c2*1-9(2)7-15-8-11(5)13(12(6)16-15)14(15)10(3)4;1-10(2)9-15-8-6-7-13(12(5)16-15)14(15)11(3)4;1-8(2)6-13-7-14-12(10(5)15-13)11(13)9(3)4;/h2*9-14H,7-8H2,1-6H3;10-14H,6-9H2,1-5H3;8-12H,6-7H2,1-5H3;/q;;;-1;+1. The molecule has 0 radical (unpaired) electrons. The maximum Gasteiger partial charge on any atom is 1.00 e. The molecule has 0 aromatic rings. The number of morpholine rings is 1. The van der Waals surface area contributed by atoms with Crippen molar-refractivity contribution in [1.82, 2.24) is 0 Å². The molecular weight excluding hydrogens is 814 g/mol. The largest absolute Gasteiger partial charge is 1.00 e. The summed E-state index contributed by atoms with van der Waals surface area (Å²) in [6, 6.07) is 0.462. The summed E-state index contributed by atoms with van der Waals surface area (Å²) >= 11 is 0. The van der Waals surface area contributed by atoms with Crippen LogP contribution in [0.3, 0.4) is 0 Å². The zero-order valence-corrected chi connectivity index (χ0v) is 50.0. The van der Waals surface area contributed by atoms with E-state index in [4.69, 9.17) is 24.3 Å². The van der Waals surface area contributed by atoms with E-state index < -0.39 is 0 Å². The van der Waals surface area contributed by atoms with Crippen molar-refractivity contribution in [2.75, 3.05) is 6.54 Å². The molecule has 370 valence electrons. The second kappa shape index (κ2) is 22.9. The van der Waals surface area contributed by atoms with Gasteiger partial charge in [0.1, 0.15) is 0 Å². The molecule has 0 N–H and O–H groups in total. The fourth-order valence-electron chi connectivity index (χ4n) is 18.0. The normalized spacial score (nSPS) is 44.9. The van der Waals surface area contributed by atoms with Gasteiger partial charge in [0.05, 0.1) is 40.7 Å². The summed E-state index contributed by atoms with van der Waals surface area (Å²) < 4.78 is 25.5. The maximum atomic E-state index is 6.46. The molecule has 3 saturated carbocycles. The van der Waals surface area contributed by atoms with Crippen LogP contribution in [0.1, 0.15) is 210 Å². The first-order chi connectivity index (χ1) is 29.2. The first-order valence-corrected chi connectivity index (χ1v) is 27.5. The summed E-state index contributed by atoms with van der Waals surface area (Å²) in [5, 5.41) is 4.79. The molecule has 0 spiro atoms. The molecule has 18 unspecified atom stereocenters. The molecule has 8 aliphatic rings. The molecule has 5 aliphatic heterocycles. The van der Waals surface area contributed by atoms with Gasteiger partial charge in [0.25, 0.3) is 0 Å². The van der Waals surface area contributed by atoms with E-state index in [2.05, 4.69) is 152 Å². The Labute approximate surface area is 441 Å². The first-order valence-electron chi connectivity index (χ1n) is 27.5. The quantitative estimate of drug-likeness (QED) is 0.183. The SMILES string of the molecule is CC(C)CC12CC(C)C(C(C)O1)C2C(C)C.CC(C)CC12CC(C)C(C(C)O1)C2C(C)C.CC(C)CC12CCCC(C(C)O1)C2C(C)C.CC(C)CC12C[N-]C(C(C)O1)C2C(C)C.[K+]. The minimum atomic E-state index is 0. The van der Waals surface area contributed by atoms with Crippen molar-refractivity contribution < 1.29 is 70.3 Å². The van der Waals surface area contributed by atoms with Gasteiger partial charge in [0, 0.05) is 6.10 Å². The Hall–Kier alpha value is 1.44. The van der Waals surface area contributed by atoms with Crippen LogP contribution >= 0.6 is 0 Å². The van der Waals surface area contributed by atoms with Gasteiger partial charge in [0.15, 0.2) is 0 Å². The van der Waals surface area contributed by atoms with Crippen LogP contribution in [0.5, 0.6) is 0 Å². The second-order valence-corrected chi connectivity index (χ2v) is 26.9. The third-order valence-electron chi connectivity index (χ3n) is 18.2. The molecule has 5 nitrogen and oxygen atoms in total. The summed E-state index contributed by atoms with van der Waals surface area (Å²) in [4.78, 5) is 0. The molecule has 0 aromatic heterocycles. The van der Waals surface area contributed by atoms with E-state index in [-0.39, 0.29) is 73.8 Å². The Kier molecular flexibility index (Phi) is 20.7. The van der Waals surface area contributed by atoms with Crippen LogP contribution in [0, 0.1) is 101 Å². The number of fused-ring (bicyclic) bond motifs is 8. The van der Waals surface area contributed by atoms with E-state index in [1.54, 1.807) is 0 Å². The Morgan fingerprint density at radius 3 is 1.16 bits per heavy atom. The van der Waals surface area contributed by atoms with Gasteiger partial charge < -0.3 is 24.3 Å². The van der Waals surface area contributed by atoms with Gasteiger partial charge in [-0.05, 0) is 180 Å². The molecule has 5 heterocycles. The van der Waals surface area contributed by atoms with Crippen molar-refractivity contribution in [2.24, 2.45) is 101 Å². The summed E-state index contributed by atoms with van der Waals surface area (Å²) in [5.74, 6) is 13.1. The third kappa shape index (κ3) is 11.9. The monoisotopic (exact) mass is 922 g/mol. The van der Waals surface area contributed by atoms with E-state index in [0.29, 0.717) is 48.2 Å². The molecule has 8 rings (SSSR count). The van der Waals surface area contributed by atoms with Crippen molar-refractivity contribution in [3.05, 3.63) is 5.32 Å². The van der Waals surface area contributed by atoms with Crippen molar-refractivity contribution >= 4 is 0 Å². The topological polar surface area (TPSA) is 51.0 Å². The minimum absolute atomic E-state index is 0. The number of nitrogens with zero attached hydrogens (tertiary/aromatic N) is 1. The zero-order chi connectivity index (χ0) is 47.3. The number of ether oxygens (including phenoxy) is 4. The van der Waals surface area contributed by atoms with E-state index in [9.17, 15) is 0 Å². The Balaban J connectivity index is 0.000000186. The van der Waals surface area contributed by atoms with E-state index >= 15 is 0 Å². The molecule has 5 saturated heterocycles. The molecule has 8 bridgehead atoms. The van der Waals surface area contributed by atoms with Crippen LogP contribution in [0.2, 0.25) is 0 Å². The molecular formula is C58H108KNO4. The van der Waals surface area contributed by atoms with Crippen molar-refractivity contribution in [2.45, 2.75) is 263 Å². The number of hydrogen-bond donors (Lipinski definition) is 0. The minimum Gasteiger partial charge on any atom is -0.655 e. The Morgan fingerprint density at radius 2 is 0.797 bits per heavy atom. The van der Waals surface area contributed by atoms with Gasteiger partial charge in [0.2, 0.25) is 0 Å². The van der Waals surface area contributed by atoms with E-state index in [1.807, 2.05) is 0 Å². The molecule has 64 heavy (non-hydrogen) atoms. The summed E-state index contributed by atoms with van der Waals surface area (Å²) in [6.45, 7) is 52.3. The van der Waals surface area contributed by atoms with Gasteiger partial charge in [-0.2, -0.15) is 0 Å². The summed E-state index contributed by atoms with van der Waals surface area (Å²) in [7, 11) is 0. The molecule has 0 aromatic carbocycles. The van der Waals surface area contributed by atoms with Gasteiger partial charge in [-0.1, -0.05) is 131 Å². The fourth-order valence-corrected chi connectivity index (χ4v) is 18.0. The summed E-state index contributed by atoms with van der Waals surface area (Å²) in [5.41, 5.74) is 0.731. The smallest absolute Gasteiger partial charge is 0.655 e. The van der Waals surface area contributed by atoms with E-state index in [1.165, 1.54) is 57.8 Å². The molecule has 3 aliphatic carbocycles. The molecule has 8 fully saturated rings. The Morgan fingerprint density at radius 1 is 0.438 bits per heavy atom. The van der Waals surface area contributed by atoms with Gasteiger partial charge in [-0.25, -0.2) is 0 Å². The average Bonchev–Trinajstić information content (AvgIpc) is 3.92. The molecule has 6 heteroatoms. The van der Waals surface area contributed by atoms with Gasteiger partial charge in [-0.3, -0.25) is 0 Å². The van der Waals surface area contributed by atoms with Crippen LogP contribution in [0.4, 0.5) is 0 Å². The van der Waals surface area contributed by atoms with Crippen LogP contribution in [-0.2, 0) is 18.9 Å². The predicted molar refractivity (Wildman–Crippen MR) is 268 cm³/mol. The van der Waals surface area contributed by atoms with Crippen LogP contribution in [-0.4, -0.2) is 59.4 Å².